The van der Waals surface area contributed by atoms with Crippen LogP contribution >= 0.6 is 0 Å². The molecule has 130 valence electrons. The van der Waals surface area contributed by atoms with E-state index in [9.17, 15) is 4.79 Å². The van der Waals surface area contributed by atoms with E-state index in [-0.39, 0.29) is 30.8 Å². The Morgan fingerprint density at radius 1 is 1.33 bits per heavy atom. The van der Waals surface area contributed by atoms with Gasteiger partial charge in [-0.1, -0.05) is 0 Å². The van der Waals surface area contributed by atoms with Crippen LogP contribution in [0.2, 0.25) is 0 Å². The molecule has 3 heterocycles. The summed E-state index contributed by atoms with van der Waals surface area (Å²) in [6.45, 7) is 3.45. The Hall–Kier alpha value is -1.83. The fourth-order valence-electron chi connectivity index (χ4n) is 3.63. The fourth-order valence-corrected chi connectivity index (χ4v) is 3.63. The molecule has 7 heteroatoms. The number of hydrogen-bond donors (Lipinski definition) is 1. The highest BCUT2D eigenvalue weighted by molar-refractivity contribution is 5.93. The topological polar surface area (TPSA) is 69.3 Å². The van der Waals surface area contributed by atoms with Crippen molar-refractivity contribution in [3.63, 3.8) is 0 Å². The zero-order valence-electron chi connectivity index (χ0n) is 13.7. The van der Waals surface area contributed by atoms with E-state index in [4.69, 9.17) is 18.9 Å². The first-order valence-electron chi connectivity index (χ1n) is 8.30. The third-order valence-electron chi connectivity index (χ3n) is 4.82. The van der Waals surface area contributed by atoms with Crippen molar-refractivity contribution >= 4 is 11.6 Å². The van der Waals surface area contributed by atoms with Crippen LogP contribution in [0, 0.1) is 5.92 Å². The summed E-state index contributed by atoms with van der Waals surface area (Å²) in [5, 5.41) is 2.99. The molecular formula is C17H22N2O5. The minimum Gasteiger partial charge on any atom is -0.454 e. The van der Waals surface area contributed by atoms with Crippen LogP contribution in [0.1, 0.15) is 6.42 Å². The lowest BCUT2D eigenvalue weighted by Crippen LogP contribution is -2.45. The van der Waals surface area contributed by atoms with E-state index in [2.05, 4.69) is 10.2 Å². The van der Waals surface area contributed by atoms with Crippen molar-refractivity contribution in [3.8, 4) is 11.5 Å². The van der Waals surface area contributed by atoms with Crippen LogP contribution in [-0.4, -0.2) is 63.2 Å². The van der Waals surface area contributed by atoms with Gasteiger partial charge in [-0.25, -0.2) is 0 Å². The molecule has 2 fully saturated rings. The van der Waals surface area contributed by atoms with Crippen molar-refractivity contribution in [1.29, 1.82) is 0 Å². The molecular weight excluding hydrogens is 312 g/mol. The van der Waals surface area contributed by atoms with Gasteiger partial charge in [-0.2, -0.15) is 0 Å². The smallest absolute Gasteiger partial charge is 0.231 e. The summed E-state index contributed by atoms with van der Waals surface area (Å²) in [5.74, 6) is 1.27. The molecule has 0 spiro atoms. The van der Waals surface area contributed by atoms with E-state index in [0.717, 1.165) is 31.7 Å². The van der Waals surface area contributed by atoms with Crippen molar-refractivity contribution in [2.24, 2.45) is 5.92 Å². The highest BCUT2D eigenvalue weighted by Gasteiger charge is 2.44. The molecule has 1 N–H and O–H groups in total. The zero-order chi connectivity index (χ0) is 16.5. The summed E-state index contributed by atoms with van der Waals surface area (Å²) >= 11 is 0. The van der Waals surface area contributed by atoms with Gasteiger partial charge in [-0.15, -0.1) is 0 Å². The highest BCUT2D eigenvalue weighted by Crippen LogP contribution is 2.36. The number of benzene rings is 1. The molecule has 3 aliphatic rings. The van der Waals surface area contributed by atoms with E-state index in [0.29, 0.717) is 18.1 Å². The Kier molecular flexibility index (Phi) is 4.30. The monoisotopic (exact) mass is 334 g/mol. The molecule has 2 bridgehead atoms. The number of nitrogens with zero attached hydrogens (tertiary/aromatic N) is 1. The number of morpholine rings is 1. The van der Waals surface area contributed by atoms with E-state index in [1.807, 2.05) is 12.1 Å². The molecule has 0 radical (unpaired) electrons. The number of hydrogen-bond acceptors (Lipinski definition) is 6. The molecule has 4 rings (SSSR count). The van der Waals surface area contributed by atoms with Crippen LogP contribution < -0.4 is 14.8 Å². The number of carbonyl (C=O) groups is 1. The second-order valence-electron chi connectivity index (χ2n) is 6.45. The quantitative estimate of drug-likeness (QED) is 0.869. The number of methoxy groups -OCH3 is 1. The molecule has 1 amide bonds. The average Bonchev–Trinajstić information content (AvgIpc) is 3.16. The van der Waals surface area contributed by atoms with Crippen LogP contribution in [0.25, 0.3) is 0 Å². The van der Waals surface area contributed by atoms with Crippen molar-refractivity contribution in [2.75, 3.05) is 45.5 Å². The minimum atomic E-state index is -0.118. The number of likely N-dealkylation sites (tertiary alicyclic amines) is 1. The lowest BCUT2D eigenvalue weighted by Gasteiger charge is -2.32. The third kappa shape index (κ3) is 3.07. The molecule has 0 unspecified atom stereocenters. The van der Waals surface area contributed by atoms with E-state index in [1.165, 1.54) is 0 Å². The Bertz CT molecular complexity index is 623. The summed E-state index contributed by atoms with van der Waals surface area (Å²) in [5.41, 5.74) is 0.724. The van der Waals surface area contributed by atoms with Gasteiger partial charge in [0.25, 0.3) is 0 Å². The van der Waals surface area contributed by atoms with Gasteiger partial charge in [0.2, 0.25) is 12.7 Å². The third-order valence-corrected chi connectivity index (χ3v) is 4.82. The molecule has 3 atom stereocenters. The average molecular weight is 334 g/mol. The molecule has 7 nitrogen and oxygen atoms in total. The molecule has 0 aromatic heterocycles. The van der Waals surface area contributed by atoms with Crippen molar-refractivity contribution in [3.05, 3.63) is 18.2 Å². The Labute approximate surface area is 140 Å². The van der Waals surface area contributed by atoms with Gasteiger partial charge >= 0.3 is 0 Å². The number of rotatable bonds is 5. The predicted molar refractivity (Wildman–Crippen MR) is 86.3 cm³/mol. The van der Waals surface area contributed by atoms with Gasteiger partial charge < -0.3 is 24.3 Å². The van der Waals surface area contributed by atoms with Gasteiger partial charge in [0.05, 0.1) is 24.7 Å². The number of nitrogens with one attached hydrogen (secondary N) is 1. The maximum Gasteiger partial charge on any atom is 0.231 e. The molecule has 2 saturated heterocycles. The van der Waals surface area contributed by atoms with E-state index < -0.39 is 0 Å². The van der Waals surface area contributed by atoms with E-state index >= 15 is 0 Å². The second-order valence-corrected chi connectivity index (χ2v) is 6.45. The van der Waals surface area contributed by atoms with Gasteiger partial charge in [0.15, 0.2) is 11.5 Å². The van der Waals surface area contributed by atoms with Crippen molar-refractivity contribution in [1.82, 2.24) is 4.90 Å². The molecule has 3 aliphatic heterocycles. The van der Waals surface area contributed by atoms with Crippen LogP contribution in [0.5, 0.6) is 11.5 Å². The number of anilines is 1. The molecule has 0 saturated carbocycles. The second kappa shape index (κ2) is 6.58. The molecule has 0 aliphatic carbocycles. The predicted octanol–water partition coefficient (Wildman–Crippen LogP) is 1.09. The summed E-state index contributed by atoms with van der Waals surface area (Å²) in [4.78, 5) is 15.0. The number of fused-ring (bicyclic) bond motifs is 3. The summed E-state index contributed by atoms with van der Waals surface area (Å²) in [6, 6.07) is 5.44. The number of ether oxygens (including phenoxy) is 4. The maximum absolute atomic E-state index is 12.7. The standard InChI is InChI=1S/C17H22N2O5/c1-21-5-4-19-8-12-7-13(16(9-19)24-12)17(20)18-11-2-3-14-15(6-11)23-10-22-14/h2-3,6,12-13,16H,4-5,7-10H2,1H3,(H,18,20)/t12-,13+,16-/m1/s1. The summed E-state index contributed by atoms with van der Waals surface area (Å²) in [6.07, 6.45) is 0.854. The van der Waals surface area contributed by atoms with Crippen LogP contribution in [0.15, 0.2) is 18.2 Å². The minimum absolute atomic E-state index is 0.00922. The molecule has 1 aromatic carbocycles. The van der Waals surface area contributed by atoms with E-state index in [1.54, 1.807) is 13.2 Å². The van der Waals surface area contributed by atoms with Gasteiger partial charge in [-0.3, -0.25) is 9.69 Å². The van der Waals surface area contributed by atoms with Gasteiger partial charge in [0.1, 0.15) is 0 Å². The lowest BCUT2D eigenvalue weighted by molar-refractivity contribution is -0.123. The molecule has 24 heavy (non-hydrogen) atoms. The van der Waals surface area contributed by atoms with Crippen LogP contribution in [0.4, 0.5) is 5.69 Å². The summed E-state index contributed by atoms with van der Waals surface area (Å²) in [7, 11) is 1.71. The first-order valence-corrected chi connectivity index (χ1v) is 8.30. The summed E-state index contributed by atoms with van der Waals surface area (Å²) < 4.78 is 21.7. The first kappa shape index (κ1) is 15.7. The van der Waals surface area contributed by atoms with Crippen LogP contribution in [0.3, 0.4) is 0 Å². The van der Waals surface area contributed by atoms with Crippen molar-refractivity contribution in [2.45, 2.75) is 18.6 Å². The Morgan fingerprint density at radius 3 is 3.08 bits per heavy atom. The van der Waals surface area contributed by atoms with Gasteiger partial charge in [-0.05, 0) is 18.6 Å². The van der Waals surface area contributed by atoms with Crippen molar-refractivity contribution < 1.29 is 23.7 Å². The van der Waals surface area contributed by atoms with Gasteiger partial charge in [0, 0.05) is 38.5 Å². The SMILES string of the molecule is COCCN1C[C@H]2C[C@H](C(=O)Nc3ccc4c(c3)OCO4)[C@@H](C1)O2. The maximum atomic E-state index is 12.7. The largest absolute Gasteiger partial charge is 0.454 e. The normalized spacial score (nSPS) is 28.1. The zero-order valence-corrected chi connectivity index (χ0v) is 13.7. The lowest BCUT2D eigenvalue weighted by atomic mass is 9.99. The number of amides is 1. The van der Waals surface area contributed by atoms with Crippen LogP contribution in [-0.2, 0) is 14.3 Å². The molecule has 1 aromatic rings. The Morgan fingerprint density at radius 2 is 2.21 bits per heavy atom. The Balaban J connectivity index is 1.38. The highest BCUT2D eigenvalue weighted by atomic mass is 16.7. The fraction of sp³-hybridized carbons (Fsp3) is 0.588. The number of carbonyl (C=O) groups excluding carboxylic acids is 1. The first-order chi connectivity index (χ1) is 11.7.